The van der Waals surface area contributed by atoms with Gasteiger partial charge in [-0.2, -0.15) is 0 Å². The maximum Gasteiger partial charge on any atom is 0.309 e. The summed E-state index contributed by atoms with van der Waals surface area (Å²) in [5, 5.41) is 9.57. The fourth-order valence-corrected chi connectivity index (χ4v) is 2.82. The lowest BCUT2D eigenvalue weighted by Gasteiger charge is -2.36. The van der Waals surface area contributed by atoms with Gasteiger partial charge in [-0.15, -0.1) is 0 Å². The summed E-state index contributed by atoms with van der Waals surface area (Å²) in [7, 11) is 0. The van der Waals surface area contributed by atoms with Crippen LogP contribution in [0.2, 0.25) is 5.02 Å². The van der Waals surface area contributed by atoms with Crippen LogP contribution in [0.4, 0.5) is 0 Å². The molecule has 3 rings (SSSR count). The Hall–Kier alpha value is -1.26. The van der Waals surface area contributed by atoms with Gasteiger partial charge in [0.2, 0.25) is 0 Å². The molecule has 1 aromatic rings. The molecule has 0 amide bonds. The third-order valence-corrected chi connectivity index (χ3v) is 3.74. The average molecular weight is 268 g/mol. The molecule has 0 unspecified atom stereocenters. The molecule has 1 N–H and O–H groups in total. The molecular formula is C13H14ClNO3. The number of hydrogen-bond acceptors (Lipinski definition) is 3. The first-order valence-corrected chi connectivity index (χ1v) is 6.40. The standard InChI is InChI=1S/C13H14ClNO3/c14-11-3-8-1-2-18-12(8)9(4-11)5-15-6-10(7-15)13(16)17/h3-4,10H,1-2,5-7H2,(H,16,17). The number of aliphatic carboxylic acids is 1. The molecule has 0 radical (unpaired) electrons. The smallest absolute Gasteiger partial charge is 0.309 e. The highest BCUT2D eigenvalue weighted by molar-refractivity contribution is 6.30. The monoisotopic (exact) mass is 267 g/mol. The van der Waals surface area contributed by atoms with Gasteiger partial charge in [0.05, 0.1) is 12.5 Å². The Labute approximate surface area is 110 Å². The summed E-state index contributed by atoms with van der Waals surface area (Å²) in [5.41, 5.74) is 2.23. The Morgan fingerprint density at radius 1 is 1.50 bits per heavy atom. The first kappa shape index (κ1) is 11.8. The number of carboxylic acids is 1. The summed E-state index contributed by atoms with van der Waals surface area (Å²) in [5.74, 6) is 0.00940. The van der Waals surface area contributed by atoms with Crippen molar-refractivity contribution >= 4 is 17.6 Å². The quantitative estimate of drug-likeness (QED) is 0.907. The number of ether oxygens (including phenoxy) is 1. The van der Waals surface area contributed by atoms with Crippen LogP contribution in [0.25, 0.3) is 0 Å². The van der Waals surface area contributed by atoms with E-state index in [2.05, 4.69) is 4.90 Å². The van der Waals surface area contributed by atoms with Gasteiger partial charge >= 0.3 is 5.97 Å². The minimum atomic E-state index is -0.709. The van der Waals surface area contributed by atoms with Gasteiger partial charge in [0, 0.05) is 36.6 Å². The first-order valence-electron chi connectivity index (χ1n) is 6.03. The van der Waals surface area contributed by atoms with E-state index in [1.165, 1.54) is 0 Å². The van der Waals surface area contributed by atoms with Crippen LogP contribution >= 0.6 is 11.6 Å². The zero-order chi connectivity index (χ0) is 12.7. The molecule has 5 heteroatoms. The largest absolute Gasteiger partial charge is 0.493 e. The van der Waals surface area contributed by atoms with Gasteiger partial charge in [-0.3, -0.25) is 9.69 Å². The minimum absolute atomic E-state index is 0.224. The summed E-state index contributed by atoms with van der Waals surface area (Å²) >= 11 is 6.08. The molecule has 0 atom stereocenters. The topological polar surface area (TPSA) is 49.8 Å². The minimum Gasteiger partial charge on any atom is -0.493 e. The van der Waals surface area contributed by atoms with E-state index in [0.717, 1.165) is 28.3 Å². The van der Waals surface area contributed by atoms with E-state index in [9.17, 15) is 4.79 Å². The normalized spacial score (nSPS) is 19.2. The molecule has 18 heavy (non-hydrogen) atoms. The molecule has 96 valence electrons. The van der Waals surface area contributed by atoms with Crippen molar-refractivity contribution in [2.75, 3.05) is 19.7 Å². The SMILES string of the molecule is O=C(O)C1CN(Cc2cc(Cl)cc3c2OCC3)C1. The van der Waals surface area contributed by atoms with Gasteiger partial charge in [-0.1, -0.05) is 11.6 Å². The highest BCUT2D eigenvalue weighted by Gasteiger charge is 2.33. The summed E-state index contributed by atoms with van der Waals surface area (Å²) in [6.45, 7) is 2.64. The van der Waals surface area contributed by atoms with Crippen molar-refractivity contribution in [1.82, 2.24) is 4.90 Å². The van der Waals surface area contributed by atoms with E-state index in [-0.39, 0.29) is 5.92 Å². The molecule has 1 fully saturated rings. The summed E-state index contributed by atoms with van der Waals surface area (Å²) in [6.07, 6.45) is 0.903. The van der Waals surface area contributed by atoms with Crippen LogP contribution in [0, 0.1) is 5.92 Å². The number of rotatable bonds is 3. The predicted molar refractivity (Wildman–Crippen MR) is 67.1 cm³/mol. The van der Waals surface area contributed by atoms with E-state index < -0.39 is 5.97 Å². The molecule has 0 aromatic heterocycles. The molecule has 0 aliphatic carbocycles. The van der Waals surface area contributed by atoms with E-state index in [1.54, 1.807) is 0 Å². The van der Waals surface area contributed by atoms with Crippen molar-refractivity contribution in [3.8, 4) is 5.75 Å². The van der Waals surface area contributed by atoms with Crippen molar-refractivity contribution in [1.29, 1.82) is 0 Å². The second kappa shape index (κ2) is 4.44. The number of nitrogens with zero attached hydrogens (tertiary/aromatic N) is 1. The number of likely N-dealkylation sites (tertiary alicyclic amines) is 1. The van der Waals surface area contributed by atoms with Crippen molar-refractivity contribution in [3.05, 3.63) is 28.3 Å². The number of fused-ring (bicyclic) bond motifs is 1. The zero-order valence-corrected chi connectivity index (χ0v) is 10.6. The zero-order valence-electron chi connectivity index (χ0n) is 9.86. The van der Waals surface area contributed by atoms with Crippen molar-refractivity contribution in [2.24, 2.45) is 5.92 Å². The second-order valence-corrected chi connectivity index (χ2v) is 5.32. The lowest BCUT2D eigenvalue weighted by atomic mass is 9.99. The molecule has 4 nitrogen and oxygen atoms in total. The third kappa shape index (κ3) is 2.06. The van der Waals surface area contributed by atoms with Crippen LogP contribution in [0.3, 0.4) is 0 Å². The average Bonchev–Trinajstić information content (AvgIpc) is 2.69. The highest BCUT2D eigenvalue weighted by atomic mass is 35.5. The van der Waals surface area contributed by atoms with Crippen LogP contribution in [0.1, 0.15) is 11.1 Å². The lowest BCUT2D eigenvalue weighted by Crippen LogP contribution is -2.49. The predicted octanol–water partition coefficient (Wildman–Crippen LogP) is 1.79. The van der Waals surface area contributed by atoms with Crippen LogP contribution in [0.5, 0.6) is 5.75 Å². The number of halogens is 1. The second-order valence-electron chi connectivity index (χ2n) is 4.88. The van der Waals surface area contributed by atoms with E-state index in [0.29, 0.717) is 26.2 Å². The highest BCUT2D eigenvalue weighted by Crippen LogP contribution is 2.34. The van der Waals surface area contributed by atoms with Gasteiger partial charge in [-0.05, 0) is 17.7 Å². The Balaban J connectivity index is 1.73. The van der Waals surface area contributed by atoms with E-state index in [4.69, 9.17) is 21.4 Å². The van der Waals surface area contributed by atoms with Gasteiger partial charge in [0.15, 0.2) is 0 Å². The first-order chi connectivity index (χ1) is 8.63. The maximum absolute atomic E-state index is 10.7. The molecule has 0 bridgehead atoms. The fourth-order valence-electron chi connectivity index (χ4n) is 2.56. The number of carboxylic acid groups (broad SMARTS) is 1. The van der Waals surface area contributed by atoms with Crippen LogP contribution in [0.15, 0.2) is 12.1 Å². The Morgan fingerprint density at radius 3 is 3.00 bits per heavy atom. The van der Waals surface area contributed by atoms with Gasteiger partial charge in [0.25, 0.3) is 0 Å². The van der Waals surface area contributed by atoms with Crippen LogP contribution in [-0.2, 0) is 17.8 Å². The molecular weight excluding hydrogens is 254 g/mol. The van der Waals surface area contributed by atoms with Crippen molar-refractivity contribution < 1.29 is 14.6 Å². The molecule has 0 saturated carbocycles. The Kier molecular flexibility index (Phi) is 2.92. The van der Waals surface area contributed by atoms with Crippen molar-refractivity contribution in [2.45, 2.75) is 13.0 Å². The molecule has 2 aliphatic rings. The van der Waals surface area contributed by atoms with Gasteiger partial charge in [0.1, 0.15) is 5.75 Å². The van der Waals surface area contributed by atoms with E-state index in [1.807, 2.05) is 12.1 Å². The summed E-state index contributed by atoms with van der Waals surface area (Å²) < 4.78 is 5.63. The Bertz CT molecular complexity index is 497. The lowest BCUT2D eigenvalue weighted by molar-refractivity contribution is -0.147. The van der Waals surface area contributed by atoms with E-state index >= 15 is 0 Å². The molecule has 2 heterocycles. The molecule has 1 saturated heterocycles. The van der Waals surface area contributed by atoms with Gasteiger partial charge < -0.3 is 9.84 Å². The fraction of sp³-hybridized carbons (Fsp3) is 0.462. The molecule has 1 aromatic carbocycles. The van der Waals surface area contributed by atoms with Crippen molar-refractivity contribution in [3.63, 3.8) is 0 Å². The number of carbonyl (C=O) groups is 1. The third-order valence-electron chi connectivity index (χ3n) is 3.53. The summed E-state index contributed by atoms with van der Waals surface area (Å²) in [6, 6.07) is 3.86. The maximum atomic E-state index is 10.7. The van der Waals surface area contributed by atoms with Crippen LogP contribution < -0.4 is 4.74 Å². The van der Waals surface area contributed by atoms with Crippen LogP contribution in [-0.4, -0.2) is 35.7 Å². The number of benzene rings is 1. The van der Waals surface area contributed by atoms with Gasteiger partial charge in [-0.25, -0.2) is 0 Å². The molecule has 0 spiro atoms. The Morgan fingerprint density at radius 2 is 2.28 bits per heavy atom. The summed E-state index contributed by atoms with van der Waals surface area (Å²) in [4.78, 5) is 12.9. The number of hydrogen-bond donors (Lipinski definition) is 1. The molecule has 2 aliphatic heterocycles.